The van der Waals surface area contributed by atoms with Gasteiger partial charge < -0.3 is 19.9 Å². The number of carbonyl (C=O) groups excluding carboxylic acids is 1. The summed E-state index contributed by atoms with van der Waals surface area (Å²) in [5.74, 6) is -0.466. The van der Waals surface area contributed by atoms with E-state index >= 15 is 0 Å². The zero-order chi connectivity index (χ0) is 15.5. The van der Waals surface area contributed by atoms with Crippen LogP contribution >= 0.6 is 0 Å². The molecule has 0 bridgehead atoms. The van der Waals surface area contributed by atoms with Crippen LogP contribution in [0.2, 0.25) is 0 Å². The maximum atomic E-state index is 14.4. The van der Waals surface area contributed by atoms with Gasteiger partial charge in [-0.1, -0.05) is 0 Å². The van der Waals surface area contributed by atoms with Gasteiger partial charge in [0.1, 0.15) is 5.82 Å². The van der Waals surface area contributed by atoms with E-state index in [1.807, 2.05) is 4.90 Å². The van der Waals surface area contributed by atoms with E-state index in [0.29, 0.717) is 37.6 Å². The molecule has 0 spiro atoms. The maximum absolute atomic E-state index is 14.4. The van der Waals surface area contributed by atoms with Gasteiger partial charge in [0, 0.05) is 38.3 Å². The average molecular weight is 307 g/mol. The predicted octanol–water partition coefficient (Wildman–Crippen LogP) is 1.10. The number of ether oxygens (including phenoxy) is 1. The van der Waals surface area contributed by atoms with E-state index < -0.39 is 0 Å². The normalized spacial score (nSPS) is 21.9. The van der Waals surface area contributed by atoms with Gasteiger partial charge in [-0.3, -0.25) is 4.79 Å². The van der Waals surface area contributed by atoms with Crippen molar-refractivity contribution in [3.63, 3.8) is 0 Å². The van der Waals surface area contributed by atoms with Crippen LogP contribution in [0.4, 0.5) is 10.1 Å². The highest BCUT2D eigenvalue weighted by Gasteiger charge is 2.25. The second-order valence-corrected chi connectivity index (χ2v) is 5.83. The Labute approximate surface area is 130 Å². The summed E-state index contributed by atoms with van der Waals surface area (Å²) in [6.07, 6.45) is 0.941. The summed E-state index contributed by atoms with van der Waals surface area (Å²) in [5.41, 5.74) is 0.953. The van der Waals surface area contributed by atoms with Gasteiger partial charge in [0.15, 0.2) is 0 Å². The largest absolute Gasteiger partial charge is 0.378 e. The highest BCUT2D eigenvalue weighted by atomic mass is 19.1. The van der Waals surface area contributed by atoms with E-state index in [2.05, 4.69) is 5.32 Å². The molecule has 0 unspecified atom stereocenters. The molecule has 2 saturated heterocycles. The molecular weight excluding hydrogens is 285 g/mol. The van der Waals surface area contributed by atoms with Crippen LogP contribution in [0.5, 0.6) is 0 Å². The van der Waals surface area contributed by atoms with Crippen LogP contribution in [0.15, 0.2) is 18.2 Å². The molecule has 1 aromatic carbocycles. The summed E-state index contributed by atoms with van der Waals surface area (Å²) in [6.45, 7) is 4.30. The van der Waals surface area contributed by atoms with E-state index in [-0.39, 0.29) is 17.8 Å². The molecule has 0 aliphatic carbocycles. The zero-order valence-corrected chi connectivity index (χ0v) is 12.8. The van der Waals surface area contributed by atoms with Gasteiger partial charge in [0.05, 0.1) is 18.9 Å². The number of likely N-dealkylation sites (N-methyl/N-ethyl adjacent to an activating group) is 1. The number of nitrogens with one attached hydrogen (secondary N) is 1. The van der Waals surface area contributed by atoms with Crippen molar-refractivity contribution in [1.29, 1.82) is 0 Å². The SMILES string of the molecule is CN(C(=O)c1ccc(N2CCOCC2)c(F)c1)[C@H]1CCNC1. The van der Waals surface area contributed by atoms with Crippen LogP contribution in [0, 0.1) is 5.82 Å². The van der Waals surface area contributed by atoms with Crippen molar-refractivity contribution >= 4 is 11.6 Å². The lowest BCUT2D eigenvalue weighted by atomic mass is 10.1. The van der Waals surface area contributed by atoms with Gasteiger partial charge in [0.2, 0.25) is 0 Å². The van der Waals surface area contributed by atoms with Gasteiger partial charge >= 0.3 is 0 Å². The fourth-order valence-electron chi connectivity index (χ4n) is 3.04. The first kappa shape index (κ1) is 15.2. The topological polar surface area (TPSA) is 44.8 Å². The van der Waals surface area contributed by atoms with Crippen molar-refractivity contribution in [3.8, 4) is 0 Å². The summed E-state index contributed by atoms with van der Waals surface area (Å²) in [6, 6.07) is 4.96. The summed E-state index contributed by atoms with van der Waals surface area (Å²) < 4.78 is 19.7. The van der Waals surface area contributed by atoms with Crippen molar-refractivity contribution < 1.29 is 13.9 Å². The Morgan fingerprint density at radius 2 is 2.18 bits per heavy atom. The third-order valence-electron chi connectivity index (χ3n) is 4.45. The number of carbonyl (C=O) groups is 1. The van der Waals surface area contributed by atoms with Crippen LogP contribution < -0.4 is 10.2 Å². The predicted molar refractivity (Wildman–Crippen MR) is 82.8 cm³/mol. The quantitative estimate of drug-likeness (QED) is 0.908. The molecule has 0 radical (unpaired) electrons. The number of benzene rings is 1. The lowest BCUT2D eigenvalue weighted by molar-refractivity contribution is 0.0743. The minimum absolute atomic E-state index is 0.124. The number of morpholine rings is 1. The minimum atomic E-state index is -0.342. The number of anilines is 1. The summed E-state index contributed by atoms with van der Waals surface area (Å²) >= 11 is 0. The highest BCUT2D eigenvalue weighted by Crippen LogP contribution is 2.22. The van der Waals surface area contributed by atoms with Gasteiger partial charge in [-0.15, -0.1) is 0 Å². The molecule has 3 rings (SSSR count). The van der Waals surface area contributed by atoms with E-state index in [4.69, 9.17) is 4.74 Å². The molecule has 1 atom stereocenters. The van der Waals surface area contributed by atoms with Crippen LogP contribution in [0.1, 0.15) is 16.8 Å². The summed E-state index contributed by atoms with van der Waals surface area (Å²) in [7, 11) is 1.79. The van der Waals surface area contributed by atoms with Crippen molar-refractivity contribution in [2.24, 2.45) is 0 Å². The minimum Gasteiger partial charge on any atom is -0.378 e. The molecule has 2 aliphatic rings. The smallest absolute Gasteiger partial charge is 0.253 e. The fourth-order valence-corrected chi connectivity index (χ4v) is 3.04. The molecule has 5 nitrogen and oxygen atoms in total. The number of hydrogen-bond acceptors (Lipinski definition) is 4. The molecule has 2 aliphatic heterocycles. The van der Waals surface area contributed by atoms with Gasteiger partial charge in [0.25, 0.3) is 5.91 Å². The molecular formula is C16H22FN3O2. The average Bonchev–Trinajstić information content (AvgIpc) is 3.08. The summed E-state index contributed by atoms with van der Waals surface area (Å²) in [5, 5.41) is 3.24. The van der Waals surface area contributed by atoms with E-state index in [0.717, 1.165) is 19.5 Å². The molecule has 1 N–H and O–H groups in total. The van der Waals surface area contributed by atoms with Gasteiger partial charge in [-0.05, 0) is 31.2 Å². The van der Waals surface area contributed by atoms with Crippen molar-refractivity contribution in [3.05, 3.63) is 29.6 Å². The Morgan fingerprint density at radius 3 is 2.82 bits per heavy atom. The Kier molecular flexibility index (Phi) is 4.59. The molecule has 2 heterocycles. The van der Waals surface area contributed by atoms with Crippen LogP contribution in [-0.2, 0) is 4.74 Å². The van der Waals surface area contributed by atoms with Crippen molar-refractivity contribution in [2.75, 3.05) is 51.3 Å². The first-order valence-corrected chi connectivity index (χ1v) is 7.77. The molecule has 1 amide bonds. The van der Waals surface area contributed by atoms with E-state index in [9.17, 15) is 9.18 Å². The lowest BCUT2D eigenvalue weighted by Gasteiger charge is -2.29. The van der Waals surface area contributed by atoms with Gasteiger partial charge in [-0.2, -0.15) is 0 Å². The molecule has 0 aromatic heterocycles. The molecule has 6 heteroatoms. The number of halogens is 1. The van der Waals surface area contributed by atoms with Crippen molar-refractivity contribution in [2.45, 2.75) is 12.5 Å². The fraction of sp³-hybridized carbons (Fsp3) is 0.562. The second-order valence-electron chi connectivity index (χ2n) is 5.83. The van der Waals surface area contributed by atoms with Crippen LogP contribution in [0.25, 0.3) is 0 Å². The number of amides is 1. The standard InChI is InChI=1S/C16H22FN3O2/c1-19(13-4-5-18-11-13)16(21)12-2-3-15(14(17)10-12)20-6-8-22-9-7-20/h2-3,10,13,18H,4-9,11H2,1H3/t13-/m0/s1. The molecule has 1 aromatic rings. The Hall–Kier alpha value is -1.66. The molecule has 2 fully saturated rings. The number of hydrogen-bond donors (Lipinski definition) is 1. The van der Waals surface area contributed by atoms with Crippen LogP contribution in [-0.4, -0.2) is 63.3 Å². The first-order chi connectivity index (χ1) is 10.7. The summed E-state index contributed by atoms with van der Waals surface area (Å²) in [4.78, 5) is 16.1. The number of nitrogens with zero attached hydrogens (tertiary/aromatic N) is 2. The van der Waals surface area contributed by atoms with Crippen LogP contribution in [0.3, 0.4) is 0 Å². The van der Waals surface area contributed by atoms with E-state index in [1.54, 1.807) is 24.1 Å². The zero-order valence-electron chi connectivity index (χ0n) is 12.8. The Morgan fingerprint density at radius 1 is 1.41 bits per heavy atom. The maximum Gasteiger partial charge on any atom is 0.253 e. The lowest BCUT2D eigenvalue weighted by Crippen LogP contribution is -2.38. The van der Waals surface area contributed by atoms with Crippen molar-refractivity contribution in [1.82, 2.24) is 10.2 Å². The van der Waals surface area contributed by atoms with Gasteiger partial charge in [-0.25, -0.2) is 4.39 Å². The first-order valence-electron chi connectivity index (χ1n) is 7.77. The highest BCUT2D eigenvalue weighted by molar-refractivity contribution is 5.94. The molecule has 0 saturated carbocycles. The van der Waals surface area contributed by atoms with E-state index in [1.165, 1.54) is 6.07 Å². The number of rotatable bonds is 3. The Bertz CT molecular complexity index is 540. The molecule has 120 valence electrons. The third-order valence-corrected chi connectivity index (χ3v) is 4.45. The third kappa shape index (κ3) is 3.08. The Balaban J connectivity index is 1.74. The monoisotopic (exact) mass is 307 g/mol. The molecule has 22 heavy (non-hydrogen) atoms. The second kappa shape index (κ2) is 6.62.